The molecule has 1 aromatic heterocycles. The molecule has 3 rings (SSSR count). The largest absolute Gasteiger partial charge is 0.378 e. The Morgan fingerprint density at radius 1 is 1.23 bits per heavy atom. The fourth-order valence-electron chi connectivity index (χ4n) is 3.12. The van der Waals surface area contributed by atoms with Gasteiger partial charge >= 0.3 is 0 Å². The average molecular weight is 348 g/mol. The molecule has 1 N–H and O–H groups in total. The van der Waals surface area contributed by atoms with Crippen molar-refractivity contribution >= 4 is 30.6 Å². The Hall–Kier alpha value is -0.550. The van der Waals surface area contributed by atoms with Gasteiger partial charge in [-0.25, -0.2) is 4.98 Å². The zero-order chi connectivity index (χ0) is 13.9. The number of morpholine rings is 1. The standard InChI is InChI=1S/C16H25N3O.2ClH/c1-12(2)14-11-17-6-5-13-3-4-15(18-16(13)14)19-7-9-20-10-8-19;;/h3-4,12,14,17H,5-11H2,1-2H3;2*1H. The number of rotatable bonds is 2. The molecule has 22 heavy (non-hydrogen) atoms. The Labute approximate surface area is 145 Å². The summed E-state index contributed by atoms with van der Waals surface area (Å²) in [4.78, 5) is 7.38. The van der Waals surface area contributed by atoms with Gasteiger partial charge in [0.2, 0.25) is 0 Å². The summed E-state index contributed by atoms with van der Waals surface area (Å²) in [6.07, 6.45) is 1.09. The summed E-state index contributed by atoms with van der Waals surface area (Å²) in [6, 6.07) is 4.47. The maximum atomic E-state index is 5.43. The predicted octanol–water partition coefficient (Wildman–Crippen LogP) is 2.65. The smallest absolute Gasteiger partial charge is 0.128 e. The van der Waals surface area contributed by atoms with Crippen LogP contribution in [0.1, 0.15) is 31.0 Å². The van der Waals surface area contributed by atoms with Crippen molar-refractivity contribution in [3.8, 4) is 0 Å². The number of aromatic nitrogens is 1. The third-order valence-corrected chi connectivity index (χ3v) is 4.42. The molecule has 1 atom stereocenters. The second kappa shape index (κ2) is 8.92. The van der Waals surface area contributed by atoms with E-state index in [1.54, 1.807) is 0 Å². The predicted molar refractivity (Wildman–Crippen MR) is 95.9 cm³/mol. The molecule has 0 radical (unpaired) electrons. The van der Waals surface area contributed by atoms with Gasteiger partial charge < -0.3 is 15.0 Å². The van der Waals surface area contributed by atoms with Gasteiger partial charge in [0.05, 0.1) is 18.9 Å². The summed E-state index contributed by atoms with van der Waals surface area (Å²) in [6.45, 7) is 10.2. The minimum absolute atomic E-state index is 0. The van der Waals surface area contributed by atoms with Gasteiger partial charge in [-0.3, -0.25) is 0 Å². The fraction of sp³-hybridized carbons (Fsp3) is 0.688. The number of hydrogen-bond acceptors (Lipinski definition) is 4. The number of anilines is 1. The lowest BCUT2D eigenvalue weighted by atomic mass is 9.89. The third kappa shape index (κ3) is 4.25. The summed E-state index contributed by atoms with van der Waals surface area (Å²) >= 11 is 0. The van der Waals surface area contributed by atoms with Crippen LogP contribution in [0.3, 0.4) is 0 Å². The highest BCUT2D eigenvalue weighted by molar-refractivity contribution is 5.85. The number of halogens is 2. The van der Waals surface area contributed by atoms with Gasteiger partial charge in [-0.1, -0.05) is 19.9 Å². The summed E-state index contributed by atoms with van der Waals surface area (Å²) in [5, 5.41) is 3.55. The Morgan fingerprint density at radius 3 is 2.64 bits per heavy atom. The van der Waals surface area contributed by atoms with Crippen molar-refractivity contribution in [1.29, 1.82) is 0 Å². The van der Waals surface area contributed by atoms with Crippen molar-refractivity contribution in [2.75, 3.05) is 44.3 Å². The number of nitrogens with zero attached hydrogens (tertiary/aromatic N) is 2. The van der Waals surface area contributed by atoms with Crippen LogP contribution >= 0.6 is 24.8 Å². The number of nitrogens with one attached hydrogen (secondary N) is 1. The first kappa shape index (κ1) is 19.5. The highest BCUT2D eigenvalue weighted by Gasteiger charge is 2.24. The van der Waals surface area contributed by atoms with Gasteiger partial charge in [-0.05, 0) is 30.5 Å². The van der Waals surface area contributed by atoms with Gasteiger partial charge in [-0.15, -0.1) is 24.8 Å². The fourth-order valence-corrected chi connectivity index (χ4v) is 3.12. The molecule has 0 saturated carbocycles. The number of pyridine rings is 1. The highest BCUT2D eigenvalue weighted by atomic mass is 35.5. The van der Waals surface area contributed by atoms with Crippen molar-refractivity contribution in [1.82, 2.24) is 10.3 Å². The molecule has 1 aromatic rings. The summed E-state index contributed by atoms with van der Waals surface area (Å²) < 4.78 is 5.43. The first-order valence-electron chi connectivity index (χ1n) is 7.79. The van der Waals surface area contributed by atoms with E-state index in [1.165, 1.54) is 11.3 Å². The summed E-state index contributed by atoms with van der Waals surface area (Å²) in [5.41, 5.74) is 2.74. The van der Waals surface area contributed by atoms with E-state index in [0.717, 1.165) is 51.6 Å². The van der Waals surface area contributed by atoms with Crippen LogP contribution in [0, 0.1) is 5.92 Å². The molecule has 4 nitrogen and oxygen atoms in total. The van der Waals surface area contributed by atoms with Crippen LogP contribution in [0.15, 0.2) is 12.1 Å². The summed E-state index contributed by atoms with van der Waals surface area (Å²) in [7, 11) is 0. The van der Waals surface area contributed by atoms with Gasteiger partial charge in [0, 0.05) is 25.6 Å². The molecular weight excluding hydrogens is 321 g/mol. The van der Waals surface area contributed by atoms with Crippen molar-refractivity contribution in [2.24, 2.45) is 5.92 Å². The molecule has 6 heteroatoms. The monoisotopic (exact) mass is 347 g/mol. The molecule has 0 amide bonds. The Kier molecular flexibility index (Phi) is 7.90. The second-order valence-corrected chi connectivity index (χ2v) is 6.12. The molecule has 1 saturated heterocycles. The quantitative estimate of drug-likeness (QED) is 0.892. The minimum atomic E-state index is 0. The van der Waals surface area contributed by atoms with Gasteiger partial charge in [-0.2, -0.15) is 0 Å². The van der Waals surface area contributed by atoms with Crippen LogP contribution < -0.4 is 10.2 Å². The lowest BCUT2D eigenvalue weighted by Crippen LogP contribution is -2.37. The first-order valence-corrected chi connectivity index (χ1v) is 7.79. The van der Waals surface area contributed by atoms with Gasteiger partial charge in [0.1, 0.15) is 5.82 Å². The Bertz CT molecular complexity index is 465. The van der Waals surface area contributed by atoms with E-state index in [4.69, 9.17) is 9.72 Å². The molecule has 2 aliphatic rings. The average Bonchev–Trinajstić information content (AvgIpc) is 2.69. The van der Waals surface area contributed by atoms with Gasteiger partial charge in [0.25, 0.3) is 0 Å². The van der Waals surface area contributed by atoms with Crippen molar-refractivity contribution < 1.29 is 4.74 Å². The van der Waals surface area contributed by atoms with E-state index in [0.29, 0.717) is 11.8 Å². The topological polar surface area (TPSA) is 37.4 Å². The molecule has 126 valence electrons. The molecule has 1 fully saturated rings. The van der Waals surface area contributed by atoms with Gasteiger partial charge in [0.15, 0.2) is 0 Å². The summed E-state index contributed by atoms with van der Waals surface area (Å²) in [5.74, 6) is 2.26. The second-order valence-electron chi connectivity index (χ2n) is 6.12. The lowest BCUT2D eigenvalue weighted by Gasteiger charge is -2.29. The molecule has 1 unspecified atom stereocenters. The van der Waals surface area contributed by atoms with E-state index < -0.39 is 0 Å². The molecule has 0 spiro atoms. The SMILES string of the molecule is CC(C)C1CNCCc2ccc(N3CCOCC3)nc21.Cl.Cl. The minimum Gasteiger partial charge on any atom is -0.378 e. The molecule has 3 heterocycles. The van der Waals surface area contributed by atoms with E-state index in [2.05, 4.69) is 36.2 Å². The number of fused-ring (bicyclic) bond motifs is 1. The van der Waals surface area contributed by atoms with Crippen LogP contribution in [0.5, 0.6) is 0 Å². The maximum Gasteiger partial charge on any atom is 0.128 e. The molecule has 0 aliphatic carbocycles. The first-order chi connectivity index (χ1) is 9.75. The van der Waals surface area contributed by atoms with Crippen molar-refractivity contribution in [2.45, 2.75) is 26.2 Å². The van der Waals surface area contributed by atoms with E-state index in [-0.39, 0.29) is 24.8 Å². The Balaban J connectivity index is 0.00000121. The highest BCUT2D eigenvalue weighted by Crippen LogP contribution is 2.29. The van der Waals surface area contributed by atoms with E-state index in [9.17, 15) is 0 Å². The van der Waals surface area contributed by atoms with E-state index in [1.807, 2.05) is 0 Å². The van der Waals surface area contributed by atoms with Crippen molar-refractivity contribution in [3.63, 3.8) is 0 Å². The normalized spacial score (nSPS) is 21.4. The zero-order valence-corrected chi connectivity index (χ0v) is 15.0. The van der Waals surface area contributed by atoms with Crippen LogP contribution in [-0.2, 0) is 11.2 Å². The number of ether oxygens (including phenoxy) is 1. The Morgan fingerprint density at radius 2 is 1.95 bits per heavy atom. The van der Waals surface area contributed by atoms with Crippen LogP contribution in [-0.4, -0.2) is 44.4 Å². The van der Waals surface area contributed by atoms with Crippen LogP contribution in [0.25, 0.3) is 0 Å². The van der Waals surface area contributed by atoms with Crippen LogP contribution in [0.4, 0.5) is 5.82 Å². The lowest BCUT2D eigenvalue weighted by molar-refractivity contribution is 0.122. The third-order valence-electron chi connectivity index (χ3n) is 4.42. The molecule has 0 aromatic carbocycles. The van der Waals surface area contributed by atoms with E-state index >= 15 is 0 Å². The molecule has 0 bridgehead atoms. The van der Waals surface area contributed by atoms with Crippen molar-refractivity contribution in [3.05, 3.63) is 23.4 Å². The molecule has 2 aliphatic heterocycles. The van der Waals surface area contributed by atoms with Crippen LogP contribution in [0.2, 0.25) is 0 Å². The molecular formula is C16H27Cl2N3O. The number of hydrogen-bond donors (Lipinski definition) is 1. The zero-order valence-electron chi connectivity index (χ0n) is 13.4. The maximum absolute atomic E-state index is 5.43.